The van der Waals surface area contributed by atoms with E-state index in [1.807, 2.05) is 25.1 Å². The summed E-state index contributed by atoms with van der Waals surface area (Å²) in [5.74, 6) is 1.98. The first kappa shape index (κ1) is 11.7. The van der Waals surface area contributed by atoms with Gasteiger partial charge in [-0.05, 0) is 25.1 Å². The maximum atomic E-state index is 5.55. The molecule has 5 nitrogen and oxygen atoms in total. The van der Waals surface area contributed by atoms with Crippen molar-refractivity contribution in [3.63, 3.8) is 0 Å². The molecular weight excluding hydrogens is 238 g/mol. The van der Waals surface area contributed by atoms with Crippen LogP contribution in [-0.4, -0.2) is 23.1 Å². The van der Waals surface area contributed by atoms with Gasteiger partial charge in [-0.25, -0.2) is 0 Å². The van der Waals surface area contributed by atoms with E-state index in [4.69, 9.17) is 15.2 Å². The fourth-order valence-corrected chi connectivity index (χ4v) is 1.89. The summed E-state index contributed by atoms with van der Waals surface area (Å²) in [5, 5.41) is 0.452. The molecule has 0 fully saturated rings. The zero-order chi connectivity index (χ0) is 12.3. The van der Waals surface area contributed by atoms with Gasteiger partial charge < -0.3 is 15.2 Å². The second-order valence-electron chi connectivity index (χ2n) is 3.25. The van der Waals surface area contributed by atoms with Crippen LogP contribution in [0.15, 0.2) is 18.2 Å². The standard InChI is InChI=1S/C11H13N3O2S/c1-3-16-8-5-4-7(6-9(8)15-2)10-13-11(12)17-14-10/h4-6H,3H2,1-2H3,(H2,12,13,14). The highest BCUT2D eigenvalue weighted by atomic mass is 32.1. The summed E-state index contributed by atoms with van der Waals surface area (Å²) >= 11 is 1.17. The molecule has 2 aromatic rings. The predicted molar refractivity (Wildman–Crippen MR) is 67.5 cm³/mol. The Bertz CT molecular complexity index is 513. The number of anilines is 1. The van der Waals surface area contributed by atoms with Crippen LogP contribution in [0.5, 0.6) is 11.5 Å². The molecule has 0 unspecified atom stereocenters. The Balaban J connectivity index is 2.37. The third-order valence-corrected chi connectivity index (χ3v) is 2.71. The Morgan fingerprint density at radius 2 is 2.18 bits per heavy atom. The molecule has 1 aromatic carbocycles. The Labute approximate surface area is 103 Å². The normalized spacial score (nSPS) is 10.2. The van der Waals surface area contributed by atoms with Crippen LogP contribution >= 0.6 is 11.5 Å². The summed E-state index contributed by atoms with van der Waals surface area (Å²) in [6, 6.07) is 5.57. The Morgan fingerprint density at radius 1 is 1.35 bits per heavy atom. The molecule has 0 saturated carbocycles. The van der Waals surface area contributed by atoms with Gasteiger partial charge in [-0.1, -0.05) is 0 Å². The van der Waals surface area contributed by atoms with Crippen LogP contribution in [0.4, 0.5) is 5.13 Å². The van der Waals surface area contributed by atoms with Crippen LogP contribution in [0, 0.1) is 0 Å². The summed E-state index contributed by atoms with van der Waals surface area (Å²) in [4.78, 5) is 4.12. The molecule has 6 heteroatoms. The van der Waals surface area contributed by atoms with Gasteiger partial charge in [-0.2, -0.15) is 9.36 Å². The number of ether oxygens (including phenoxy) is 2. The SMILES string of the molecule is CCOc1ccc(-c2nsc(N)n2)cc1OC. The van der Waals surface area contributed by atoms with Crippen LogP contribution < -0.4 is 15.2 Å². The number of hydrogen-bond donors (Lipinski definition) is 1. The van der Waals surface area contributed by atoms with Crippen molar-refractivity contribution < 1.29 is 9.47 Å². The van der Waals surface area contributed by atoms with Gasteiger partial charge in [0, 0.05) is 17.1 Å². The summed E-state index contributed by atoms with van der Waals surface area (Å²) in [6.07, 6.45) is 0. The number of aromatic nitrogens is 2. The van der Waals surface area contributed by atoms with Gasteiger partial charge in [0.05, 0.1) is 13.7 Å². The van der Waals surface area contributed by atoms with Crippen LogP contribution in [0.2, 0.25) is 0 Å². The van der Waals surface area contributed by atoms with E-state index in [1.54, 1.807) is 7.11 Å². The van der Waals surface area contributed by atoms with Crippen LogP contribution in [0.1, 0.15) is 6.92 Å². The number of hydrogen-bond acceptors (Lipinski definition) is 6. The Morgan fingerprint density at radius 3 is 2.76 bits per heavy atom. The first-order chi connectivity index (χ1) is 8.24. The van der Waals surface area contributed by atoms with E-state index in [9.17, 15) is 0 Å². The minimum atomic E-state index is 0.452. The highest BCUT2D eigenvalue weighted by molar-refractivity contribution is 7.09. The van der Waals surface area contributed by atoms with Crippen molar-refractivity contribution in [2.75, 3.05) is 19.5 Å². The lowest BCUT2D eigenvalue weighted by Crippen LogP contribution is -1.95. The lowest BCUT2D eigenvalue weighted by Gasteiger charge is -2.09. The molecule has 0 aliphatic rings. The number of nitrogens with zero attached hydrogens (tertiary/aromatic N) is 2. The molecule has 0 spiro atoms. The van der Waals surface area contributed by atoms with E-state index in [1.165, 1.54) is 11.5 Å². The van der Waals surface area contributed by atoms with Crippen molar-refractivity contribution in [3.8, 4) is 22.9 Å². The lowest BCUT2D eigenvalue weighted by molar-refractivity contribution is 0.311. The third-order valence-electron chi connectivity index (χ3n) is 2.16. The van der Waals surface area contributed by atoms with Crippen molar-refractivity contribution in [3.05, 3.63) is 18.2 Å². The first-order valence-electron chi connectivity index (χ1n) is 5.15. The molecule has 2 N–H and O–H groups in total. The highest BCUT2D eigenvalue weighted by Crippen LogP contribution is 2.32. The van der Waals surface area contributed by atoms with Crippen molar-refractivity contribution in [2.24, 2.45) is 0 Å². The first-order valence-corrected chi connectivity index (χ1v) is 5.92. The molecule has 17 heavy (non-hydrogen) atoms. The largest absolute Gasteiger partial charge is 0.493 e. The van der Waals surface area contributed by atoms with E-state index in [2.05, 4.69) is 9.36 Å². The highest BCUT2D eigenvalue weighted by Gasteiger charge is 2.09. The Hall–Kier alpha value is -1.82. The zero-order valence-electron chi connectivity index (χ0n) is 9.64. The van der Waals surface area contributed by atoms with E-state index in [-0.39, 0.29) is 0 Å². The van der Waals surface area contributed by atoms with Gasteiger partial charge in [-0.3, -0.25) is 0 Å². The van der Waals surface area contributed by atoms with Gasteiger partial charge in [0.1, 0.15) is 0 Å². The molecule has 0 radical (unpaired) electrons. The number of benzene rings is 1. The molecule has 2 rings (SSSR count). The average molecular weight is 251 g/mol. The van der Waals surface area contributed by atoms with Crippen molar-refractivity contribution >= 4 is 16.7 Å². The van der Waals surface area contributed by atoms with E-state index >= 15 is 0 Å². The number of methoxy groups -OCH3 is 1. The third kappa shape index (κ3) is 2.47. The summed E-state index contributed by atoms with van der Waals surface area (Å²) in [7, 11) is 1.60. The van der Waals surface area contributed by atoms with E-state index < -0.39 is 0 Å². The monoisotopic (exact) mass is 251 g/mol. The topological polar surface area (TPSA) is 70.3 Å². The second-order valence-corrected chi connectivity index (χ2v) is 4.04. The minimum absolute atomic E-state index is 0.452. The van der Waals surface area contributed by atoms with Crippen molar-refractivity contribution in [2.45, 2.75) is 6.92 Å². The molecule has 1 aromatic heterocycles. The maximum Gasteiger partial charge on any atom is 0.200 e. The number of rotatable bonds is 4. The molecule has 0 amide bonds. The molecule has 90 valence electrons. The Kier molecular flexibility index (Phi) is 3.43. The lowest BCUT2D eigenvalue weighted by atomic mass is 10.2. The smallest absolute Gasteiger partial charge is 0.200 e. The molecule has 0 saturated heterocycles. The van der Waals surface area contributed by atoms with Gasteiger partial charge in [0.2, 0.25) is 0 Å². The van der Waals surface area contributed by atoms with E-state index in [0.29, 0.717) is 29.1 Å². The van der Waals surface area contributed by atoms with Crippen molar-refractivity contribution in [1.82, 2.24) is 9.36 Å². The zero-order valence-corrected chi connectivity index (χ0v) is 10.5. The van der Waals surface area contributed by atoms with E-state index in [0.717, 1.165) is 5.56 Å². The van der Waals surface area contributed by atoms with Crippen molar-refractivity contribution in [1.29, 1.82) is 0 Å². The second kappa shape index (κ2) is 5.01. The van der Waals surface area contributed by atoms with Gasteiger partial charge in [-0.15, -0.1) is 0 Å². The molecule has 0 aliphatic heterocycles. The minimum Gasteiger partial charge on any atom is -0.493 e. The van der Waals surface area contributed by atoms with Gasteiger partial charge in [0.15, 0.2) is 22.5 Å². The van der Waals surface area contributed by atoms with Crippen LogP contribution in [0.25, 0.3) is 11.4 Å². The van der Waals surface area contributed by atoms with Gasteiger partial charge >= 0.3 is 0 Å². The summed E-state index contributed by atoms with van der Waals surface area (Å²) in [6.45, 7) is 2.52. The molecule has 0 bridgehead atoms. The molecule has 0 atom stereocenters. The summed E-state index contributed by atoms with van der Waals surface area (Å²) < 4.78 is 14.8. The fraction of sp³-hybridized carbons (Fsp3) is 0.273. The van der Waals surface area contributed by atoms with Gasteiger partial charge in [0.25, 0.3) is 0 Å². The molecule has 1 heterocycles. The molecular formula is C11H13N3O2S. The van der Waals surface area contributed by atoms with Crippen LogP contribution in [-0.2, 0) is 0 Å². The quantitative estimate of drug-likeness (QED) is 0.902. The number of nitrogens with two attached hydrogens (primary N) is 1. The number of nitrogen functional groups attached to an aromatic ring is 1. The maximum absolute atomic E-state index is 5.55. The fourth-order valence-electron chi connectivity index (χ4n) is 1.43. The molecule has 0 aliphatic carbocycles. The average Bonchev–Trinajstić information content (AvgIpc) is 2.77. The van der Waals surface area contributed by atoms with Crippen LogP contribution in [0.3, 0.4) is 0 Å². The summed E-state index contributed by atoms with van der Waals surface area (Å²) in [5.41, 5.74) is 6.41. The predicted octanol–water partition coefficient (Wildman–Crippen LogP) is 2.19.